The number of nitrogens with zero attached hydrogens (tertiary/aromatic N) is 2. The minimum Gasteiger partial charge on any atom is -0.454 e. The Morgan fingerprint density at radius 1 is 0.544 bits per heavy atom. The standard InChI is InChI=1S/C52H27BN2OSi/c1-2-14-31-30(13-1)27-28-41-47(31)36-19-11-18-35-37-29-38-32-15-3-7-22-42(32)56-52(38)51-48(37)53(55(41)49(35)36)39-20-12-26-46-50(39)54(51)40-21-6-10-25-45(40)57(46)43-23-8-4-16-33(43)34-17-5-9-24-44(34)57/h1-5,7-9,11-29H. The summed E-state index contributed by atoms with van der Waals surface area (Å²) in [5.41, 5.74) is 22.8. The van der Waals surface area contributed by atoms with Crippen LogP contribution >= 0.6 is 0 Å². The highest BCUT2D eigenvalue weighted by molar-refractivity contribution is 7.20. The van der Waals surface area contributed by atoms with E-state index in [1.54, 1.807) is 0 Å². The molecule has 2 aromatic heterocycles. The second-order valence-electron chi connectivity index (χ2n) is 16.1. The van der Waals surface area contributed by atoms with Crippen LogP contribution < -0.4 is 31.4 Å². The molecule has 258 valence electrons. The van der Waals surface area contributed by atoms with Gasteiger partial charge in [-0.15, -0.1) is 0 Å². The van der Waals surface area contributed by atoms with Gasteiger partial charge in [0.25, 0.3) is 0 Å². The molecule has 15 rings (SSSR count). The fraction of sp³-hybridized carbons (Fsp3) is 0. The Labute approximate surface area is 328 Å². The number of hydrogen-bond acceptors (Lipinski definition) is 2. The number of benzene rings is 8. The number of fused-ring (bicyclic) bond motifs is 21. The molecule has 5 aliphatic rings. The molecule has 1 aliphatic carbocycles. The largest absolute Gasteiger partial charge is 0.454 e. The normalized spacial score (nSPS) is 15.6. The molecule has 6 heterocycles. The van der Waals surface area contributed by atoms with Gasteiger partial charge in [-0.3, -0.25) is 0 Å². The first-order chi connectivity index (χ1) is 28.3. The molecule has 0 N–H and O–H groups in total. The predicted octanol–water partition coefficient (Wildman–Crippen LogP) is 9.07. The van der Waals surface area contributed by atoms with Crippen LogP contribution in [0.2, 0.25) is 0 Å². The summed E-state index contributed by atoms with van der Waals surface area (Å²) >= 11 is 0. The molecule has 0 bridgehead atoms. The predicted molar refractivity (Wildman–Crippen MR) is 238 cm³/mol. The molecule has 57 heavy (non-hydrogen) atoms. The SMILES string of the molecule is C1=C=CC2=C(C=1)N1c3c(cccc3[Si]23c2ccccc2-c2ccccc23)B2c3c(cc4c(oc5ccccc54)c31)-c1cccc3c4c5ccccc5ccc4n2c13. The van der Waals surface area contributed by atoms with E-state index < -0.39 is 8.07 Å². The molecule has 0 unspecified atom stereocenters. The summed E-state index contributed by atoms with van der Waals surface area (Å²) in [5, 5.41) is 13.1. The molecule has 0 atom stereocenters. The second-order valence-corrected chi connectivity index (χ2v) is 19.8. The Morgan fingerprint density at radius 3 is 2.12 bits per heavy atom. The number of anilines is 2. The molecule has 0 radical (unpaired) electrons. The molecule has 1 spiro atoms. The van der Waals surface area contributed by atoms with Gasteiger partial charge in [-0.2, -0.15) is 0 Å². The van der Waals surface area contributed by atoms with Crippen LogP contribution in [0, 0.1) is 0 Å². The minimum absolute atomic E-state index is 0.0892. The van der Waals surface area contributed by atoms with Crippen molar-refractivity contribution in [1.29, 1.82) is 0 Å². The van der Waals surface area contributed by atoms with Crippen molar-refractivity contribution >= 4 is 107 Å². The van der Waals surface area contributed by atoms with Crippen molar-refractivity contribution in [2.75, 3.05) is 4.90 Å². The van der Waals surface area contributed by atoms with E-state index in [0.29, 0.717) is 0 Å². The maximum absolute atomic E-state index is 7.11. The summed E-state index contributed by atoms with van der Waals surface area (Å²) in [4.78, 5) is 2.58. The second kappa shape index (κ2) is 9.75. The Balaban J connectivity index is 1.19. The van der Waals surface area contributed by atoms with Gasteiger partial charge in [0.1, 0.15) is 5.58 Å². The molecule has 5 heteroatoms. The maximum atomic E-state index is 7.11. The van der Waals surface area contributed by atoms with Gasteiger partial charge in [0.15, 0.2) is 13.7 Å². The van der Waals surface area contributed by atoms with Crippen molar-refractivity contribution in [2.45, 2.75) is 0 Å². The van der Waals surface area contributed by atoms with Crippen molar-refractivity contribution in [3.8, 4) is 22.3 Å². The summed E-state index contributed by atoms with van der Waals surface area (Å²) in [5.74, 6) is 0. The van der Waals surface area contributed by atoms with Gasteiger partial charge in [0.2, 0.25) is 0 Å². The molecule has 10 aromatic rings. The van der Waals surface area contributed by atoms with Gasteiger partial charge in [-0.05, 0) is 83.4 Å². The van der Waals surface area contributed by atoms with Crippen LogP contribution in [0.4, 0.5) is 11.4 Å². The fourth-order valence-electron chi connectivity index (χ4n) is 11.9. The Morgan fingerprint density at radius 2 is 1.25 bits per heavy atom. The fourth-order valence-corrected chi connectivity index (χ4v) is 17.4. The van der Waals surface area contributed by atoms with E-state index >= 15 is 0 Å². The van der Waals surface area contributed by atoms with Crippen LogP contribution in [0.1, 0.15) is 0 Å². The van der Waals surface area contributed by atoms with Gasteiger partial charge < -0.3 is 13.8 Å². The lowest BCUT2D eigenvalue weighted by Crippen LogP contribution is -2.72. The van der Waals surface area contributed by atoms with Crippen LogP contribution in [-0.4, -0.2) is 19.4 Å². The summed E-state index contributed by atoms with van der Waals surface area (Å²) < 4.78 is 9.79. The van der Waals surface area contributed by atoms with Crippen LogP contribution in [0.15, 0.2) is 191 Å². The molecule has 0 fully saturated rings. The van der Waals surface area contributed by atoms with E-state index in [9.17, 15) is 0 Å². The van der Waals surface area contributed by atoms with Crippen molar-refractivity contribution in [3.63, 3.8) is 0 Å². The average Bonchev–Trinajstić information content (AvgIpc) is 3.92. The van der Waals surface area contributed by atoms with Gasteiger partial charge in [-0.25, -0.2) is 0 Å². The third kappa shape index (κ3) is 3.12. The molecule has 0 saturated carbocycles. The Hall–Kier alpha value is -7.26. The minimum atomic E-state index is -2.86. The molecule has 4 aliphatic heterocycles. The maximum Gasteiger partial charge on any atom is 0.333 e. The van der Waals surface area contributed by atoms with Gasteiger partial charge >= 0.3 is 6.85 Å². The van der Waals surface area contributed by atoms with Gasteiger partial charge in [-0.1, -0.05) is 145 Å². The lowest BCUT2D eigenvalue weighted by Gasteiger charge is -2.48. The number of rotatable bonds is 0. The van der Waals surface area contributed by atoms with Gasteiger partial charge in [0, 0.05) is 49.9 Å². The van der Waals surface area contributed by atoms with Crippen molar-refractivity contribution < 1.29 is 4.42 Å². The first-order valence-electron chi connectivity index (χ1n) is 19.8. The number of aromatic nitrogens is 1. The molecule has 0 saturated heterocycles. The highest BCUT2D eigenvalue weighted by Crippen LogP contribution is 2.51. The lowest BCUT2D eigenvalue weighted by molar-refractivity contribution is 0.669. The summed E-state index contributed by atoms with van der Waals surface area (Å²) in [6, 6.07) is 57.1. The number of para-hydroxylation sites is 3. The third-order valence-corrected chi connectivity index (χ3v) is 18.7. The molecular formula is C52H27BN2OSi. The van der Waals surface area contributed by atoms with Crippen molar-refractivity contribution in [2.24, 2.45) is 0 Å². The van der Waals surface area contributed by atoms with Crippen molar-refractivity contribution in [1.82, 2.24) is 4.48 Å². The lowest BCUT2D eigenvalue weighted by atomic mass is 9.45. The Bertz CT molecular complexity index is 3710. The number of furan rings is 1. The third-order valence-electron chi connectivity index (χ3n) is 13.8. The summed E-state index contributed by atoms with van der Waals surface area (Å²) in [7, 11) is -2.86. The number of allylic oxidation sites excluding steroid dienone is 3. The van der Waals surface area contributed by atoms with E-state index in [1.165, 1.54) is 97.9 Å². The van der Waals surface area contributed by atoms with Crippen LogP contribution in [0.3, 0.4) is 0 Å². The van der Waals surface area contributed by atoms with E-state index in [1.807, 2.05) is 0 Å². The van der Waals surface area contributed by atoms with Crippen molar-refractivity contribution in [3.05, 3.63) is 186 Å². The first kappa shape index (κ1) is 29.1. The highest BCUT2D eigenvalue weighted by Gasteiger charge is 2.57. The quantitative estimate of drug-likeness (QED) is 0.115. The van der Waals surface area contributed by atoms with E-state index in [-0.39, 0.29) is 6.85 Å². The van der Waals surface area contributed by atoms with E-state index in [2.05, 4.69) is 185 Å². The zero-order chi connectivity index (χ0) is 36.7. The molecule has 3 nitrogen and oxygen atoms in total. The van der Waals surface area contributed by atoms with E-state index in [4.69, 9.17) is 4.42 Å². The van der Waals surface area contributed by atoms with Crippen LogP contribution in [-0.2, 0) is 0 Å². The summed E-state index contributed by atoms with van der Waals surface area (Å²) in [6.45, 7) is -0.0892. The zero-order valence-corrected chi connectivity index (χ0v) is 31.5. The van der Waals surface area contributed by atoms with E-state index in [0.717, 1.165) is 27.6 Å². The Kier molecular flexibility index (Phi) is 4.98. The smallest absolute Gasteiger partial charge is 0.333 e. The van der Waals surface area contributed by atoms with Crippen LogP contribution in [0.5, 0.6) is 0 Å². The molecular weight excluding hydrogens is 707 g/mol. The van der Waals surface area contributed by atoms with Crippen LogP contribution in [0.25, 0.3) is 76.8 Å². The monoisotopic (exact) mass is 734 g/mol. The average molecular weight is 735 g/mol. The molecule has 8 aromatic carbocycles. The summed E-state index contributed by atoms with van der Waals surface area (Å²) in [6.07, 6.45) is 4.46. The first-order valence-corrected chi connectivity index (χ1v) is 21.8. The topological polar surface area (TPSA) is 21.3 Å². The molecule has 0 amide bonds. The highest BCUT2D eigenvalue weighted by atomic mass is 28.3. The zero-order valence-electron chi connectivity index (χ0n) is 30.5. The number of hydrogen-bond donors (Lipinski definition) is 0. The van der Waals surface area contributed by atoms with Gasteiger partial charge in [0.05, 0.1) is 11.4 Å².